The van der Waals surface area contributed by atoms with Gasteiger partial charge in [0.15, 0.2) is 0 Å². The minimum atomic E-state index is -0.443. The van der Waals surface area contributed by atoms with Gasteiger partial charge >= 0.3 is 6.03 Å². The molecule has 180 valence electrons. The third kappa shape index (κ3) is 13.1. The fourth-order valence-electron chi connectivity index (χ4n) is 2.95. The number of nitrogens with zero attached hydrogens (tertiary/aromatic N) is 1. The van der Waals surface area contributed by atoms with E-state index in [1.165, 1.54) is 6.92 Å². The first-order valence-corrected chi connectivity index (χ1v) is 11.4. The van der Waals surface area contributed by atoms with E-state index in [0.29, 0.717) is 45.3 Å². The van der Waals surface area contributed by atoms with Crippen molar-refractivity contribution in [3.8, 4) is 0 Å². The van der Waals surface area contributed by atoms with Gasteiger partial charge in [0.25, 0.3) is 0 Å². The summed E-state index contributed by atoms with van der Waals surface area (Å²) in [6.45, 7) is 10.6. The Labute approximate surface area is 192 Å². The highest BCUT2D eigenvalue weighted by atomic mass is 16.7. The van der Waals surface area contributed by atoms with E-state index in [2.05, 4.69) is 24.3 Å². The van der Waals surface area contributed by atoms with E-state index in [4.69, 9.17) is 14.3 Å². The van der Waals surface area contributed by atoms with Crippen LogP contribution in [0.25, 0.3) is 0 Å². The summed E-state index contributed by atoms with van der Waals surface area (Å²) < 4.78 is 10.8. The summed E-state index contributed by atoms with van der Waals surface area (Å²) in [7, 11) is 0. The molecule has 1 aromatic rings. The predicted molar refractivity (Wildman–Crippen MR) is 128 cm³/mol. The molecule has 1 aromatic carbocycles. The summed E-state index contributed by atoms with van der Waals surface area (Å²) in [5.41, 5.74) is 3.71. The van der Waals surface area contributed by atoms with Crippen molar-refractivity contribution in [1.29, 1.82) is 0 Å². The minimum Gasteiger partial charge on any atom is -0.379 e. The number of ether oxygens (including phenoxy) is 2. The standard InChI is InChI=1S/C24H39N3O5/c1-4-6-7-9-17-32-26-24(29)25-22-12-11-13-23(20-22)27(21(3)28)14-8-10-16-31-19-18-30-15-5-2/h5,11-13,20H,2,4,6-10,14-19H2,1,3H3,(H2,25,26,29). The van der Waals surface area contributed by atoms with E-state index in [9.17, 15) is 9.59 Å². The Balaban J connectivity index is 2.38. The first kappa shape index (κ1) is 27.6. The molecule has 8 nitrogen and oxygen atoms in total. The average Bonchev–Trinajstić information content (AvgIpc) is 2.77. The molecule has 0 spiro atoms. The number of carbonyl (C=O) groups is 2. The van der Waals surface area contributed by atoms with E-state index in [1.807, 2.05) is 6.07 Å². The number of nitrogens with one attached hydrogen (secondary N) is 2. The molecule has 32 heavy (non-hydrogen) atoms. The molecule has 0 fully saturated rings. The van der Waals surface area contributed by atoms with Gasteiger partial charge in [-0.05, 0) is 37.5 Å². The lowest BCUT2D eigenvalue weighted by Gasteiger charge is -2.22. The molecule has 3 amide bonds. The molecule has 0 radical (unpaired) electrons. The lowest BCUT2D eigenvalue weighted by Crippen LogP contribution is -2.31. The zero-order valence-corrected chi connectivity index (χ0v) is 19.6. The number of hydroxylamine groups is 1. The van der Waals surface area contributed by atoms with Gasteiger partial charge < -0.3 is 19.7 Å². The second-order valence-corrected chi connectivity index (χ2v) is 7.37. The van der Waals surface area contributed by atoms with Gasteiger partial charge in [-0.1, -0.05) is 38.3 Å². The summed E-state index contributed by atoms with van der Waals surface area (Å²) in [5, 5.41) is 2.73. The van der Waals surface area contributed by atoms with Gasteiger partial charge in [0.05, 0.1) is 26.4 Å². The Morgan fingerprint density at radius 3 is 2.56 bits per heavy atom. The molecule has 0 saturated heterocycles. The minimum absolute atomic E-state index is 0.0549. The molecule has 2 N–H and O–H groups in total. The van der Waals surface area contributed by atoms with Crippen molar-refractivity contribution < 1.29 is 23.9 Å². The fraction of sp³-hybridized carbons (Fsp3) is 0.583. The number of rotatable bonds is 18. The van der Waals surface area contributed by atoms with Gasteiger partial charge in [-0.2, -0.15) is 0 Å². The van der Waals surface area contributed by atoms with Crippen LogP contribution in [0.4, 0.5) is 16.2 Å². The first-order valence-electron chi connectivity index (χ1n) is 11.4. The van der Waals surface area contributed by atoms with E-state index in [1.54, 1.807) is 29.2 Å². The Hall–Kier alpha value is -2.42. The second kappa shape index (κ2) is 18.2. The molecule has 0 aliphatic carbocycles. The number of unbranched alkanes of at least 4 members (excludes halogenated alkanes) is 4. The first-order chi connectivity index (χ1) is 15.6. The van der Waals surface area contributed by atoms with Crippen LogP contribution < -0.4 is 15.7 Å². The van der Waals surface area contributed by atoms with Gasteiger partial charge in [0.1, 0.15) is 0 Å². The summed E-state index contributed by atoms with van der Waals surface area (Å²) in [4.78, 5) is 31.0. The van der Waals surface area contributed by atoms with Crippen molar-refractivity contribution >= 4 is 23.3 Å². The van der Waals surface area contributed by atoms with Crippen LogP contribution in [-0.2, 0) is 19.1 Å². The molecule has 0 unspecified atom stereocenters. The Morgan fingerprint density at radius 2 is 1.81 bits per heavy atom. The molecular formula is C24H39N3O5. The fourth-order valence-corrected chi connectivity index (χ4v) is 2.95. The maximum Gasteiger partial charge on any atom is 0.343 e. The summed E-state index contributed by atoms with van der Waals surface area (Å²) in [6.07, 6.45) is 7.65. The SMILES string of the molecule is C=CCOCCOCCCCN(C(C)=O)c1cccc(NC(=O)NOCCCCCC)c1. The number of urea groups is 1. The van der Waals surface area contributed by atoms with E-state index >= 15 is 0 Å². The highest BCUT2D eigenvalue weighted by Crippen LogP contribution is 2.20. The monoisotopic (exact) mass is 449 g/mol. The van der Waals surface area contributed by atoms with Crippen LogP contribution in [0.3, 0.4) is 0 Å². The molecule has 8 heteroatoms. The van der Waals surface area contributed by atoms with Crippen molar-refractivity contribution in [2.24, 2.45) is 0 Å². The number of anilines is 2. The average molecular weight is 450 g/mol. The lowest BCUT2D eigenvalue weighted by molar-refractivity contribution is -0.116. The number of hydrogen-bond acceptors (Lipinski definition) is 5. The molecule has 0 bridgehead atoms. The van der Waals surface area contributed by atoms with Crippen LogP contribution in [0.15, 0.2) is 36.9 Å². The Morgan fingerprint density at radius 1 is 1.03 bits per heavy atom. The predicted octanol–water partition coefficient (Wildman–Crippen LogP) is 4.67. The molecule has 0 atom stereocenters. The molecule has 0 aliphatic heterocycles. The van der Waals surface area contributed by atoms with Crippen LogP contribution in [0, 0.1) is 0 Å². The topological polar surface area (TPSA) is 89.1 Å². The summed E-state index contributed by atoms with van der Waals surface area (Å²) in [5.74, 6) is -0.0549. The van der Waals surface area contributed by atoms with Crippen LogP contribution in [0.2, 0.25) is 0 Å². The molecule has 0 aromatic heterocycles. The number of carbonyl (C=O) groups excluding carboxylic acids is 2. The maximum absolute atomic E-state index is 12.1. The van der Waals surface area contributed by atoms with Crippen LogP contribution in [0.1, 0.15) is 52.4 Å². The van der Waals surface area contributed by atoms with Crippen LogP contribution >= 0.6 is 0 Å². The number of benzene rings is 1. The second-order valence-electron chi connectivity index (χ2n) is 7.37. The maximum atomic E-state index is 12.1. The highest BCUT2D eigenvalue weighted by molar-refractivity contribution is 5.93. The zero-order valence-electron chi connectivity index (χ0n) is 19.6. The normalized spacial score (nSPS) is 10.6. The van der Waals surface area contributed by atoms with Crippen molar-refractivity contribution in [1.82, 2.24) is 5.48 Å². The third-order valence-corrected chi connectivity index (χ3v) is 4.59. The van der Waals surface area contributed by atoms with Gasteiger partial charge in [-0.3, -0.25) is 9.63 Å². The van der Waals surface area contributed by atoms with Crippen LogP contribution in [-0.4, -0.2) is 51.5 Å². The zero-order chi connectivity index (χ0) is 23.4. The number of hydrogen-bond donors (Lipinski definition) is 2. The van der Waals surface area contributed by atoms with E-state index < -0.39 is 6.03 Å². The Bertz CT molecular complexity index is 669. The van der Waals surface area contributed by atoms with E-state index in [-0.39, 0.29) is 5.91 Å². The Kier molecular flexibility index (Phi) is 15.7. The van der Waals surface area contributed by atoms with Gasteiger partial charge in [-0.15, -0.1) is 6.58 Å². The molecule has 0 saturated carbocycles. The van der Waals surface area contributed by atoms with E-state index in [0.717, 1.165) is 44.2 Å². The number of amides is 3. The van der Waals surface area contributed by atoms with Crippen LogP contribution in [0.5, 0.6) is 0 Å². The summed E-state index contributed by atoms with van der Waals surface area (Å²) in [6, 6.07) is 6.75. The molecule has 0 heterocycles. The smallest absolute Gasteiger partial charge is 0.343 e. The highest BCUT2D eigenvalue weighted by Gasteiger charge is 2.12. The molecule has 1 rings (SSSR count). The van der Waals surface area contributed by atoms with Crippen molar-refractivity contribution in [3.63, 3.8) is 0 Å². The van der Waals surface area contributed by atoms with Crippen molar-refractivity contribution in [2.75, 3.05) is 49.8 Å². The van der Waals surface area contributed by atoms with Crippen molar-refractivity contribution in [3.05, 3.63) is 36.9 Å². The molecule has 0 aliphatic rings. The summed E-state index contributed by atoms with van der Waals surface area (Å²) >= 11 is 0. The third-order valence-electron chi connectivity index (χ3n) is 4.59. The molecular weight excluding hydrogens is 410 g/mol. The quantitative estimate of drug-likeness (QED) is 0.193. The van der Waals surface area contributed by atoms with Crippen molar-refractivity contribution in [2.45, 2.75) is 52.4 Å². The van der Waals surface area contributed by atoms with Gasteiger partial charge in [0.2, 0.25) is 5.91 Å². The van der Waals surface area contributed by atoms with Gasteiger partial charge in [-0.25, -0.2) is 10.3 Å². The largest absolute Gasteiger partial charge is 0.379 e. The van der Waals surface area contributed by atoms with Gasteiger partial charge in [0, 0.05) is 31.5 Å². The lowest BCUT2D eigenvalue weighted by atomic mass is 10.2.